The van der Waals surface area contributed by atoms with Gasteiger partial charge in [0.15, 0.2) is 0 Å². The summed E-state index contributed by atoms with van der Waals surface area (Å²) < 4.78 is 1.11. The lowest BCUT2D eigenvalue weighted by molar-refractivity contribution is -0.903. The van der Waals surface area contributed by atoms with Crippen LogP contribution >= 0.6 is 0 Å². The van der Waals surface area contributed by atoms with Gasteiger partial charge < -0.3 is 9.59 Å². The van der Waals surface area contributed by atoms with Crippen molar-refractivity contribution in [1.82, 2.24) is 0 Å². The van der Waals surface area contributed by atoms with E-state index in [-0.39, 0.29) is 5.75 Å². The lowest BCUT2D eigenvalue weighted by Gasteiger charge is -2.30. The molecule has 0 fully saturated rings. The van der Waals surface area contributed by atoms with Gasteiger partial charge in [-0.25, -0.2) is 0 Å². The predicted molar refractivity (Wildman–Crippen MR) is 173 cm³/mol. The molecule has 0 aliphatic rings. The van der Waals surface area contributed by atoms with E-state index in [0.717, 1.165) is 17.4 Å². The SMILES string of the molecule is CCCCCCCCCCCCCCCC[N+](C)(C)Cc1ccccc1.[O-]c1ccc(Cc2ccccc2)cc1. The van der Waals surface area contributed by atoms with Crippen LogP contribution < -0.4 is 5.11 Å². The number of hydrogen-bond donors (Lipinski definition) is 0. The van der Waals surface area contributed by atoms with Crippen LogP contribution in [0.4, 0.5) is 0 Å². The van der Waals surface area contributed by atoms with Crippen LogP contribution in [0.1, 0.15) is 114 Å². The quantitative estimate of drug-likeness (QED) is 0.109. The second-order valence-electron chi connectivity index (χ2n) is 12.2. The summed E-state index contributed by atoms with van der Waals surface area (Å²) >= 11 is 0. The predicted octanol–water partition coefficient (Wildman–Crippen LogP) is 10.1. The standard InChI is InChI=1S/C25H46N.C13H12O/c1-4-5-6-7-8-9-10-11-12-13-14-15-16-20-23-26(2,3)24-25-21-18-17-19-22-25;14-13-8-6-12(7-9-13)10-11-4-2-1-3-5-11/h17-19,21-22H,4-16,20,23-24H2,1-3H3;1-9,14H,10H2/q+1;/p-1. The first-order valence-electron chi connectivity index (χ1n) is 16.1. The van der Waals surface area contributed by atoms with Gasteiger partial charge in [0.1, 0.15) is 6.54 Å². The molecule has 0 bridgehead atoms. The molecule has 0 atom stereocenters. The highest BCUT2D eigenvalue weighted by Gasteiger charge is 2.14. The van der Waals surface area contributed by atoms with E-state index in [1.165, 1.54) is 113 Å². The van der Waals surface area contributed by atoms with Crippen molar-refractivity contribution in [1.29, 1.82) is 0 Å². The van der Waals surface area contributed by atoms with Gasteiger partial charge in [0.2, 0.25) is 0 Å². The Morgan fingerprint density at radius 3 is 1.35 bits per heavy atom. The van der Waals surface area contributed by atoms with Crippen molar-refractivity contribution in [2.24, 2.45) is 0 Å². The van der Waals surface area contributed by atoms with E-state index in [2.05, 4.69) is 63.5 Å². The maximum atomic E-state index is 10.9. The molecule has 40 heavy (non-hydrogen) atoms. The third-order valence-electron chi connectivity index (χ3n) is 7.74. The third kappa shape index (κ3) is 17.2. The van der Waals surface area contributed by atoms with E-state index in [0.29, 0.717) is 0 Å². The molecule has 0 spiro atoms. The monoisotopic (exact) mass is 543 g/mol. The summed E-state index contributed by atoms with van der Waals surface area (Å²) in [7, 11) is 4.74. The fourth-order valence-corrected chi connectivity index (χ4v) is 5.33. The normalized spacial score (nSPS) is 11.2. The molecular weight excluding hydrogens is 486 g/mol. The van der Waals surface area contributed by atoms with Gasteiger partial charge in [0.25, 0.3) is 0 Å². The van der Waals surface area contributed by atoms with Crippen LogP contribution in [0.3, 0.4) is 0 Å². The van der Waals surface area contributed by atoms with Gasteiger partial charge in [0.05, 0.1) is 20.6 Å². The topological polar surface area (TPSA) is 23.1 Å². The third-order valence-corrected chi connectivity index (χ3v) is 7.74. The number of hydrogen-bond acceptors (Lipinski definition) is 1. The molecule has 0 saturated carbocycles. The van der Waals surface area contributed by atoms with Crippen molar-refractivity contribution in [3.8, 4) is 5.75 Å². The number of nitrogens with zero attached hydrogens (tertiary/aromatic N) is 1. The Kier molecular flexibility index (Phi) is 17.8. The number of benzene rings is 3. The summed E-state index contributed by atoms with van der Waals surface area (Å²) in [5.41, 5.74) is 3.91. The minimum absolute atomic E-state index is 0.0711. The zero-order chi connectivity index (χ0) is 28.7. The molecule has 0 aliphatic heterocycles. The van der Waals surface area contributed by atoms with E-state index in [9.17, 15) is 5.11 Å². The molecule has 0 unspecified atom stereocenters. The Hall–Kier alpha value is -2.58. The first-order chi connectivity index (χ1) is 19.5. The maximum Gasteiger partial charge on any atom is 0.104 e. The highest BCUT2D eigenvalue weighted by atomic mass is 16.3. The van der Waals surface area contributed by atoms with Crippen LogP contribution in [-0.2, 0) is 13.0 Å². The zero-order valence-electron chi connectivity index (χ0n) is 26.0. The fourth-order valence-electron chi connectivity index (χ4n) is 5.33. The van der Waals surface area contributed by atoms with E-state index in [4.69, 9.17) is 0 Å². The van der Waals surface area contributed by atoms with Gasteiger partial charge in [-0.05, 0) is 30.4 Å². The highest BCUT2D eigenvalue weighted by Crippen LogP contribution is 2.15. The van der Waals surface area contributed by atoms with E-state index < -0.39 is 0 Å². The minimum Gasteiger partial charge on any atom is -0.872 e. The van der Waals surface area contributed by atoms with Gasteiger partial charge in [-0.15, -0.1) is 5.75 Å². The van der Waals surface area contributed by atoms with Gasteiger partial charge >= 0.3 is 0 Å². The van der Waals surface area contributed by atoms with Gasteiger partial charge in [-0.1, -0.05) is 169 Å². The van der Waals surface area contributed by atoms with E-state index in [1.807, 2.05) is 30.3 Å². The minimum atomic E-state index is 0.0711. The lowest BCUT2D eigenvalue weighted by atomic mass is 10.0. The van der Waals surface area contributed by atoms with Crippen LogP contribution in [0.2, 0.25) is 0 Å². The summed E-state index contributed by atoms with van der Waals surface area (Å²) in [5.74, 6) is 0.0711. The maximum absolute atomic E-state index is 10.9. The second kappa shape index (κ2) is 21.2. The molecule has 3 rings (SSSR count). The molecule has 220 valence electrons. The Labute approximate surface area is 247 Å². The molecule has 0 N–H and O–H groups in total. The molecule has 0 radical (unpaired) electrons. The Morgan fingerprint density at radius 2 is 0.875 bits per heavy atom. The molecule has 0 amide bonds. The average molecular weight is 544 g/mol. The summed E-state index contributed by atoms with van der Waals surface area (Å²) in [6, 6.07) is 28.1. The smallest absolute Gasteiger partial charge is 0.104 e. The molecule has 2 heteroatoms. The number of quaternary nitrogens is 1. The van der Waals surface area contributed by atoms with Crippen LogP contribution in [0.5, 0.6) is 5.75 Å². The first kappa shape index (κ1) is 33.6. The molecule has 0 aromatic heterocycles. The zero-order valence-corrected chi connectivity index (χ0v) is 26.0. The highest BCUT2D eigenvalue weighted by molar-refractivity contribution is 5.30. The number of rotatable bonds is 19. The van der Waals surface area contributed by atoms with Gasteiger partial charge in [-0.2, -0.15) is 0 Å². The first-order valence-corrected chi connectivity index (χ1v) is 16.1. The molecule has 3 aromatic carbocycles. The average Bonchev–Trinajstić information content (AvgIpc) is 2.96. The Balaban J connectivity index is 0.000000333. The van der Waals surface area contributed by atoms with Crippen molar-refractivity contribution in [3.63, 3.8) is 0 Å². The van der Waals surface area contributed by atoms with Crippen molar-refractivity contribution in [3.05, 3.63) is 102 Å². The van der Waals surface area contributed by atoms with Crippen molar-refractivity contribution >= 4 is 0 Å². The summed E-state index contributed by atoms with van der Waals surface area (Å²) in [6.45, 7) is 4.75. The van der Waals surface area contributed by atoms with Crippen molar-refractivity contribution in [2.75, 3.05) is 20.6 Å². The molecule has 0 heterocycles. The Morgan fingerprint density at radius 1 is 0.475 bits per heavy atom. The molecule has 0 aliphatic carbocycles. The van der Waals surface area contributed by atoms with Gasteiger partial charge in [0, 0.05) is 5.56 Å². The van der Waals surface area contributed by atoms with E-state index in [1.54, 1.807) is 12.1 Å². The van der Waals surface area contributed by atoms with Crippen molar-refractivity contribution in [2.45, 2.75) is 110 Å². The molecule has 2 nitrogen and oxygen atoms in total. The number of unbranched alkanes of at least 4 members (excludes halogenated alkanes) is 13. The van der Waals surface area contributed by atoms with E-state index >= 15 is 0 Å². The largest absolute Gasteiger partial charge is 0.872 e. The van der Waals surface area contributed by atoms with Crippen LogP contribution in [0, 0.1) is 0 Å². The summed E-state index contributed by atoms with van der Waals surface area (Å²) in [6.07, 6.45) is 21.1. The molecule has 0 saturated heterocycles. The molecular formula is C38H57NO. The van der Waals surface area contributed by atoms with Crippen LogP contribution in [0.15, 0.2) is 84.9 Å². The second-order valence-corrected chi connectivity index (χ2v) is 12.2. The Bertz CT molecular complexity index is 965. The van der Waals surface area contributed by atoms with Crippen molar-refractivity contribution < 1.29 is 9.59 Å². The molecule has 3 aromatic rings. The lowest BCUT2D eigenvalue weighted by Crippen LogP contribution is -2.39. The van der Waals surface area contributed by atoms with Crippen LogP contribution in [-0.4, -0.2) is 25.1 Å². The van der Waals surface area contributed by atoms with Gasteiger partial charge in [-0.3, -0.25) is 0 Å². The summed E-state index contributed by atoms with van der Waals surface area (Å²) in [4.78, 5) is 0. The fraction of sp³-hybridized carbons (Fsp3) is 0.526. The summed E-state index contributed by atoms with van der Waals surface area (Å²) in [5, 5.41) is 10.9. The van der Waals surface area contributed by atoms with Crippen LogP contribution in [0.25, 0.3) is 0 Å².